The van der Waals surface area contributed by atoms with Gasteiger partial charge in [-0.25, -0.2) is 4.98 Å². The van der Waals surface area contributed by atoms with Crippen molar-refractivity contribution in [2.24, 2.45) is 11.3 Å². The normalized spacial score (nSPS) is 20.7. The van der Waals surface area contributed by atoms with Crippen LogP contribution in [0.3, 0.4) is 0 Å². The van der Waals surface area contributed by atoms with Gasteiger partial charge in [-0.2, -0.15) is 5.26 Å². The number of hydrogen-bond acceptors (Lipinski definition) is 4. The molecule has 8 heteroatoms. The Kier molecular flexibility index (Phi) is 5.53. The van der Waals surface area contributed by atoms with Crippen molar-refractivity contribution in [3.05, 3.63) is 48.0 Å². The fourth-order valence-corrected chi connectivity index (χ4v) is 4.99. The van der Waals surface area contributed by atoms with Gasteiger partial charge < -0.3 is 14.6 Å². The first-order valence-electron chi connectivity index (χ1n) is 10.6. The number of nitrogens with one attached hydrogen (secondary N) is 1. The largest absolute Gasteiger partial charge is 0.573 e. The zero-order chi connectivity index (χ0) is 23.1. The fraction of sp³-hybridized carbons (Fsp3) is 0.417. The van der Waals surface area contributed by atoms with Gasteiger partial charge in [0, 0.05) is 11.7 Å². The second-order valence-corrected chi connectivity index (χ2v) is 9.39. The Hall–Kier alpha value is -3.21. The van der Waals surface area contributed by atoms with Crippen molar-refractivity contribution in [1.29, 1.82) is 5.26 Å². The van der Waals surface area contributed by atoms with Gasteiger partial charge >= 0.3 is 6.36 Å². The maximum atomic E-state index is 12.4. The zero-order valence-electron chi connectivity index (χ0n) is 18.2. The Morgan fingerprint density at radius 1 is 1.16 bits per heavy atom. The summed E-state index contributed by atoms with van der Waals surface area (Å²) in [6, 6.07) is 13.4. The Morgan fingerprint density at radius 3 is 2.50 bits per heavy atom. The number of alkyl halides is 3. The first-order valence-corrected chi connectivity index (χ1v) is 10.6. The van der Waals surface area contributed by atoms with E-state index in [0.29, 0.717) is 28.6 Å². The highest BCUT2D eigenvalue weighted by molar-refractivity contribution is 5.81. The van der Waals surface area contributed by atoms with E-state index in [4.69, 9.17) is 4.98 Å². The van der Waals surface area contributed by atoms with E-state index in [2.05, 4.69) is 41.5 Å². The van der Waals surface area contributed by atoms with Gasteiger partial charge in [0.1, 0.15) is 5.75 Å². The van der Waals surface area contributed by atoms with Gasteiger partial charge in [-0.15, -0.1) is 13.2 Å². The van der Waals surface area contributed by atoms with Gasteiger partial charge in [0.25, 0.3) is 0 Å². The lowest BCUT2D eigenvalue weighted by Gasteiger charge is -2.40. The summed E-state index contributed by atoms with van der Waals surface area (Å²) in [5, 5.41) is 12.5. The summed E-state index contributed by atoms with van der Waals surface area (Å²) in [6.07, 6.45) is -1.60. The molecule has 2 atom stereocenters. The Morgan fingerprint density at radius 2 is 1.88 bits per heavy atom. The summed E-state index contributed by atoms with van der Waals surface area (Å²) < 4.78 is 43.5. The molecule has 1 aliphatic carbocycles. The number of benzene rings is 2. The molecular formula is C24H25F3N4O. The third-order valence-corrected chi connectivity index (χ3v) is 5.89. The van der Waals surface area contributed by atoms with Gasteiger partial charge in [0.2, 0.25) is 5.95 Å². The van der Waals surface area contributed by atoms with Gasteiger partial charge in [0.15, 0.2) is 0 Å². The smallest absolute Gasteiger partial charge is 0.406 e. The quantitative estimate of drug-likeness (QED) is 0.475. The number of halogens is 3. The summed E-state index contributed by atoms with van der Waals surface area (Å²) in [7, 11) is 0. The minimum Gasteiger partial charge on any atom is -0.406 e. The lowest BCUT2D eigenvalue weighted by atomic mass is 9.70. The molecule has 1 saturated carbocycles. The number of hydrogen-bond donors (Lipinski definition) is 1. The van der Waals surface area contributed by atoms with E-state index in [-0.39, 0.29) is 17.2 Å². The van der Waals surface area contributed by atoms with Crippen LogP contribution in [-0.4, -0.2) is 15.9 Å². The summed E-state index contributed by atoms with van der Waals surface area (Å²) in [5.41, 5.74) is 2.94. The van der Waals surface area contributed by atoms with Crippen molar-refractivity contribution in [1.82, 2.24) is 9.55 Å². The standard InChI is InChI=1S/C24H25F3N4O/c1-15-10-18(13-23(2,3)12-15)31-21-9-4-16(14-28)11-20(21)30-22(31)29-17-5-7-19(8-6-17)32-24(25,26)27/h4-9,11,15,18H,10,12-13H2,1-3H3,(H,29,30). The van der Waals surface area contributed by atoms with Crippen LogP contribution in [-0.2, 0) is 0 Å². The molecule has 1 aliphatic rings. The summed E-state index contributed by atoms with van der Waals surface area (Å²) >= 11 is 0. The summed E-state index contributed by atoms with van der Waals surface area (Å²) in [6.45, 7) is 6.80. The van der Waals surface area contributed by atoms with Gasteiger partial charge in [0.05, 0.1) is 22.7 Å². The lowest BCUT2D eigenvalue weighted by Crippen LogP contribution is -2.29. The molecule has 32 heavy (non-hydrogen) atoms. The number of rotatable bonds is 4. The third-order valence-electron chi connectivity index (χ3n) is 5.89. The van der Waals surface area contributed by atoms with Crippen LogP contribution in [0.15, 0.2) is 42.5 Å². The van der Waals surface area contributed by atoms with Crippen LogP contribution in [0.4, 0.5) is 24.8 Å². The number of nitrogens with zero attached hydrogens (tertiary/aromatic N) is 3. The van der Waals surface area contributed by atoms with E-state index in [1.807, 2.05) is 6.07 Å². The first kappa shape index (κ1) is 22.0. The molecule has 3 aromatic rings. The minimum atomic E-state index is -4.73. The number of ether oxygens (including phenoxy) is 1. The van der Waals surface area contributed by atoms with E-state index >= 15 is 0 Å². The molecule has 2 unspecified atom stereocenters. The molecule has 168 valence electrons. The molecule has 0 saturated heterocycles. The molecule has 0 bridgehead atoms. The average molecular weight is 442 g/mol. The summed E-state index contributed by atoms with van der Waals surface area (Å²) in [5.74, 6) is 0.874. The molecule has 0 amide bonds. The molecular weight excluding hydrogens is 417 g/mol. The van der Waals surface area contributed by atoms with Crippen LogP contribution >= 0.6 is 0 Å². The van der Waals surface area contributed by atoms with Crippen molar-refractivity contribution < 1.29 is 17.9 Å². The van der Waals surface area contributed by atoms with Crippen molar-refractivity contribution >= 4 is 22.7 Å². The number of fused-ring (bicyclic) bond motifs is 1. The number of imidazole rings is 1. The molecule has 0 aliphatic heterocycles. The van der Waals surface area contributed by atoms with E-state index < -0.39 is 6.36 Å². The van der Waals surface area contributed by atoms with Gasteiger partial charge in [-0.1, -0.05) is 20.8 Å². The monoisotopic (exact) mass is 442 g/mol. The highest BCUT2D eigenvalue weighted by atomic mass is 19.4. The van der Waals surface area contributed by atoms with Crippen molar-refractivity contribution in [2.45, 2.75) is 52.4 Å². The topological polar surface area (TPSA) is 62.9 Å². The lowest BCUT2D eigenvalue weighted by molar-refractivity contribution is -0.274. The first-order chi connectivity index (χ1) is 15.0. The molecule has 2 aromatic carbocycles. The third kappa shape index (κ3) is 4.82. The number of nitriles is 1. The minimum absolute atomic E-state index is 0.180. The number of anilines is 2. The van der Waals surface area contributed by atoms with Crippen LogP contribution in [0.1, 0.15) is 51.6 Å². The molecule has 1 heterocycles. The Labute approximate surface area is 184 Å². The fourth-order valence-electron chi connectivity index (χ4n) is 4.99. The van der Waals surface area contributed by atoms with E-state index in [9.17, 15) is 18.4 Å². The van der Waals surface area contributed by atoms with Crippen LogP contribution < -0.4 is 10.1 Å². The Bertz CT molecular complexity index is 1160. The average Bonchev–Trinajstić information content (AvgIpc) is 3.03. The van der Waals surface area contributed by atoms with Crippen LogP contribution in [0, 0.1) is 22.7 Å². The molecule has 0 radical (unpaired) electrons. The van der Waals surface area contributed by atoms with Crippen LogP contribution in [0.5, 0.6) is 5.75 Å². The highest BCUT2D eigenvalue weighted by Gasteiger charge is 2.35. The van der Waals surface area contributed by atoms with Crippen molar-refractivity contribution in [3.63, 3.8) is 0 Å². The van der Waals surface area contributed by atoms with E-state index in [1.165, 1.54) is 24.3 Å². The molecule has 0 spiro atoms. The van der Waals surface area contributed by atoms with Crippen molar-refractivity contribution in [3.8, 4) is 11.8 Å². The van der Waals surface area contributed by atoms with Crippen LogP contribution in [0.25, 0.3) is 11.0 Å². The predicted molar refractivity (Wildman–Crippen MR) is 117 cm³/mol. The van der Waals surface area contributed by atoms with E-state index in [1.54, 1.807) is 12.1 Å². The Balaban J connectivity index is 1.72. The SMILES string of the molecule is CC1CC(n2c(Nc3ccc(OC(F)(F)F)cc3)nc3cc(C#N)ccc32)CC(C)(C)C1. The van der Waals surface area contributed by atoms with Gasteiger partial charge in [-0.3, -0.25) is 0 Å². The predicted octanol–water partition coefficient (Wildman–Crippen LogP) is 6.94. The van der Waals surface area contributed by atoms with Crippen LogP contribution in [0.2, 0.25) is 0 Å². The molecule has 1 fully saturated rings. The van der Waals surface area contributed by atoms with Crippen molar-refractivity contribution in [2.75, 3.05) is 5.32 Å². The molecule has 1 N–H and O–H groups in total. The maximum Gasteiger partial charge on any atom is 0.573 e. The maximum absolute atomic E-state index is 12.4. The zero-order valence-corrected chi connectivity index (χ0v) is 18.2. The van der Waals surface area contributed by atoms with E-state index in [0.717, 1.165) is 24.8 Å². The second kappa shape index (κ2) is 8.05. The number of aromatic nitrogens is 2. The molecule has 4 rings (SSSR count). The molecule has 5 nitrogen and oxygen atoms in total. The summed E-state index contributed by atoms with van der Waals surface area (Å²) in [4.78, 5) is 4.74. The highest BCUT2D eigenvalue weighted by Crippen LogP contribution is 2.46. The molecule has 1 aromatic heterocycles. The second-order valence-electron chi connectivity index (χ2n) is 9.39. The van der Waals surface area contributed by atoms with Gasteiger partial charge in [-0.05, 0) is 73.1 Å².